The summed E-state index contributed by atoms with van der Waals surface area (Å²) < 4.78 is 7.24. The van der Waals surface area contributed by atoms with Crippen molar-refractivity contribution in [2.75, 3.05) is 12.4 Å². The number of benzene rings is 2. The molecule has 24 heavy (non-hydrogen) atoms. The minimum Gasteiger partial charge on any atom is -0.497 e. The van der Waals surface area contributed by atoms with Gasteiger partial charge in [0.1, 0.15) is 12.1 Å². The minimum atomic E-state index is 0.177. The Labute approximate surface area is 141 Å². The number of anilines is 1. The third-order valence-electron chi connectivity index (χ3n) is 4.58. The van der Waals surface area contributed by atoms with Gasteiger partial charge in [0, 0.05) is 0 Å². The van der Waals surface area contributed by atoms with Crippen molar-refractivity contribution in [3.05, 3.63) is 71.5 Å². The summed E-state index contributed by atoms with van der Waals surface area (Å²) in [5, 5.41) is 7.92. The first-order valence-electron chi connectivity index (χ1n) is 8.11. The van der Waals surface area contributed by atoms with Crippen LogP contribution in [0, 0.1) is 6.92 Å². The summed E-state index contributed by atoms with van der Waals surface area (Å²) in [5.41, 5.74) is 3.75. The second-order valence-electron chi connectivity index (χ2n) is 6.16. The molecule has 0 spiro atoms. The van der Waals surface area contributed by atoms with E-state index in [1.165, 1.54) is 16.7 Å². The molecule has 0 saturated carbocycles. The maximum absolute atomic E-state index is 5.26. The van der Waals surface area contributed by atoms with Crippen molar-refractivity contribution in [1.82, 2.24) is 14.8 Å². The zero-order valence-corrected chi connectivity index (χ0v) is 13.8. The average molecular weight is 320 g/mol. The molecule has 5 heteroatoms. The van der Waals surface area contributed by atoms with Crippen molar-refractivity contribution in [2.45, 2.75) is 25.4 Å². The fraction of sp³-hybridized carbons (Fsp3) is 0.263. The number of nitrogens with one attached hydrogen (secondary N) is 1. The monoisotopic (exact) mass is 320 g/mol. The molecule has 1 aliphatic heterocycles. The first-order chi connectivity index (χ1) is 11.7. The lowest BCUT2D eigenvalue weighted by Crippen LogP contribution is -2.28. The van der Waals surface area contributed by atoms with E-state index in [0.29, 0.717) is 0 Å². The summed E-state index contributed by atoms with van der Waals surface area (Å²) in [6.07, 6.45) is 2.54. The SMILES string of the molecule is COc1ccc([C@@H]2C[C@@H](c3cccc(C)c3)n3ncnc3N2)cc1. The first kappa shape index (κ1) is 14.8. The maximum atomic E-state index is 5.26. The van der Waals surface area contributed by atoms with Gasteiger partial charge >= 0.3 is 0 Å². The Hall–Kier alpha value is -2.82. The van der Waals surface area contributed by atoms with Crippen molar-refractivity contribution in [1.29, 1.82) is 0 Å². The van der Waals surface area contributed by atoms with Gasteiger partial charge in [0.15, 0.2) is 0 Å². The largest absolute Gasteiger partial charge is 0.497 e. The van der Waals surface area contributed by atoms with Gasteiger partial charge in [-0.3, -0.25) is 0 Å². The van der Waals surface area contributed by atoms with Gasteiger partial charge in [0.2, 0.25) is 5.95 Å². The predicted octanol–water partition coefficient (Wildman–Crippen LogP) is 3.74. The van der Waals surface area contributed by atoms with E-state index in [1.807, 2.05) is 16.8 Å². The molecule has 0 fully saturated rings. The highest BCUT2D eigenvalue weighted by Gasteiger charge is 2.29. The van der Waals surface area contributed by atoms with Gasteiger partial charge in [0.05, 0.1) is 19.2 Å². The van der Waals surface area contributed by atoms with E-state index in [9.17, 15) is 0 Å². The van der Waals surface area contributed by atoms with Crippen molar-refractivity contribution < 1.29 is 4.74 Å². The summed E-state index contributed by atoms with van der Waals surface area (Å²) in [6.45, 7) is 2.12. The molecular formula is C19H20N4O. The molecule has 0 saturated heterocycles. The molecule has 2 aromatic carbocycles. The lowest BCUT2D eigenvalue weighted by molar-refractivity contribution is 0.413. The third-order valence-corrected chi connectivity index (χ3v) is 4.58. The van der Waals surface area contributed by atoms with Crippen LogP contribution >= 0.6 is 0 Å². The van der Waals surface area contributed by atoms with Crippen LogP contribution in [-0.2, 0) is 0 Å². The number of nitrogens with zero attached hydrogens (tertiary/aromatic N) is 3. The summed E-state index contributed by atoms with van der Waals surface area (Å²) >= 11 is 0. The highest BCUT2D eigenvalue weighted by molar-refractivity contribution is 5.40. The molecule has 0 aliphatic carbocycles. The molecule has 0 bridgehead atoms. The molecule has 0 amide bonds. The molecule has 1 aliphatic rings. The zero-order chi connectivity index (χ0) is 16.5. The van der Waals surface area contributed by atoms with Gasteiger partial charge < -0.3 is 10.1 Å². The molecule has 1 aromatic heterocycles. The third kappa shape index (κ3) is 2.62. The van der Waals surface area contributed by atoms with E-state index >= 15 is 0 Å². The first-order valence-corrected chi connectivity index (χ1v) is 8.11. The van der Waals surface area contributed by atoms with Gasteiger partial charge in [-0.2, -0.15) is 10.1 Å². The van der Waals surface area contributed by atoms with E-state index < -0.39 is 0 Å². The Morgan fingerprint density at radius 1 is 1.12 bits per heavy atom. The van der Waals surface area contributed by atoms with Gasteiger partial charge in [-0.05, 0) is 36.6 Å². The van der Waals surface area contributed by atoms with Crippen molar-refractivity contribution in [3.8, 4) is 5.75 Å². The molecule has 2 heterocycles. The number of hydrogen-bond donors (Lipinski definition) is 1. The summed E-state index contributed by atoms with van der Waals surface area (Å²) in [6, 6.07) is 17.2. The molecule has 1 N–H and O–H groups in total. The Morgan fingerprint density at radius 3 is 2.71 bits per heavy atom. The normalized spacial score (nSPS) is 19.4. The van der Waals surface area contributed by atoms with Crippen LogP contribution in [0.15, 0.2) is 54.9 Å². The van der Waals surface area contributed by atoms with Crippen LogP contribution in [0.5, 0.6) is 5.75 Å². The molecule has 5 nitrogen and oxygen atoms in total. The van der Waals surface area contributed by atoms with Gasteiger partial charge in [-0.25, -0.2) is 4.68 Å². The van der Waals surface area contributed by atoms with Crippen molar-refractivity contribution in [2.24, 2.45) is 0 Å². The van der Waals surface area contributed by atoms with E-state index in [1.54, 1.807) is 13.4 Å². The Morgan fingerprint density at radius 2 is 1.96 bits per heavy atom. The molecule has 0 radical (unpaired) electrons. The van der Waals surface area contributed by atoms with Gasteiger partial charge in [-0.1, -0.05) is 42.0 Å². The maximum Gasteiger partial charge on any atom is 0.222 e. The Kier molecular flexibility index (Phi) is 3.69. The molecule has 0 unspecified atom stereocenters. The summed E-state index contributed by atoms with van der Waals surface area (Å²) in [7, 11) is 1.68. The fourth-order valence-electron chi connectivity index (χ4n) is 3.33. The minimum absolute atomic E-state index is 0.177. The highest BCUT2D eigenvalue weighted by Crippen LogP contribution is 2.37. The van der Waals surface area contributed by atoms with E-state index in [2.05, 4.69) is 58.7 Å². The van der Waals surface area contributed by atoms with Crippen molar-refractivity contribution >= 4 is 5.95 Å². The smallest absolute Gasteiger partial charge is 0.222 e. The number of rotatable bonds is 3. The second-order valence-corrected chi connectivity index (χ2v) is 6.16. The van der Waals surface area contributed by atoms with Crippen LogP contribution in [-0.4, -0.2) is 21.9 Å². The molecular weight excluding hydrogens is 300 g/mol. The number of methoxy groups -OCH3 is 1. The van der Waals surface area contributed by atoms with Crippen LogP contribution in [0.3, 0.4) is 0 Å². The lowest BCUT2D eigenvalue weighted by Gasteiger charge is -2.32. The number of aryl methyl sites for hydroxylation is 1. The van der Waals surface area contributed by atoms with Gasteiger partial charge in [0.25, 0.3) is 0 Å². The summed E-state index contributed by atoms with van der Waals surface area (Å²) in [4.78, 5) is 4.38. The predicted molar refractivity (Wildman–Crippen MR) is 93.3 cm³/mol. The lowest BCUT2D eigenvalue weighted by atomic mass is 9.92. The average Bonchev–Trinajstić information content (AvgIpc) is 3.09. The van der Waals surface area contributed by atoms with E-state index in [0.717, 1.165) is 18.1 Å². The highest BCUT2D eigenvalue weighted by atomic mass is 16.5. The number of fused-ring (bicyclic) bond motifs is 1. The topological polar surface area (TPSA) is 52.0 Å². The number of ether oxygens (including phenoxy) is 1. The Bertz CT molecular complexity index is 841. The van der Waals surface area contributed by atoms with E-state index in [4.69, 9.17) is 4.74 Å². The fourth-order valence-corrected chi connectivity index (χ4v) is 3.33. The second kappa shape index (κ2) is 6.00. The quantitative estimate of drug-likeness (QED) is 0.799. The zero-order valence-electron chi connectivity index (χ0n) is 13.8. The molecule has 4 rings (SSSR count). The molecule has 2 atom stereocenters. The Balaban J connectivity index is 1.70. The van der Waals surface area contributed by atoms with Crippen LogP contribution in [0.25, 0.3) is 0 Å². The summed E-state index contributed by atoms with van der Waals surface area (Å²) in [5.74, 6) is 1.68. The van der Waals surface area contributed by atoms with Crippen LogP contribution in [0.1, 0.15) is 35.2 Å². The number of hydrogen-bond acceptors (Lipinski definition) is 4. The van der Waals surface area contributed by atoms with Crippen LogP contribution in [0.4, 0.5) is 5.95 Å². The molecule has 122 valence electrons. The number of aromatic nitrogens is 3. The van der Waals surface area contributed by atoms with Gasteiger partial charge in [-0.15, -0.1) is 0 Å². The molecule has 3 aromatic rings. The van der Waals surface area contributed by atoms with Crippen LogP contribution < -0.4 is 10.1 Å². The standard InChI is InChI=1S/C19H20N4O/c1-13-4-3-5-15(10-13)18-11-17(22-19-20-12-21-23(18)19)14-6-8-16(24-2)9-7-14/h3-10,12,17-18H,11H2,1-2H3,(H,20,21,22)/t17-,18-/m0/s1. The van der Waals surface area contributed by atoms with E-state index in [-0.39, 0.29) is 12.1 Å². The van der Waals surface area contributed by atoms with Crippen molar-refractivity contribution in [3.63, 3.8) is 0 Å². The van der Waals surface area contributed by atoms with Crippen LogP contribution in [0.2, 0.25) is 0 Å².